The van der Waals surface area contributed by atoms with E-state index >= 15 is 0 Å². The lowest BCUT2D eigenvalue weighted by molar-refractivity contribution is 0.0600. The van der Waals surface area contributed by atoms with E-state index in [9.17, 15) is 14.0 Å². The molecule has 3 saturated heterocycles. The van der Waals surface area contributed by atoms with Gasteiger partial charge in [0.15, 0.2) is 0 Å². The average Bonchev–Trinajstić information content (AvgIpc) is 2.86. The van der Waals surface area contributed by atoms with E-state index in [0.29, 0.717) is 24.4 Å². The zero-order valence-electron chi connectivity index (χ0n) is 20.0. The van der Waals surface area contributed by atoms with E-state index in [0.717, 1.165) is 55.6 Å². The van der Waals surface area contributed by atoms with E-state index in [1.54, 1.807) is 18.2 Å². The largest absolute Gasteiger partial charge is 0.465 e. The minimum absolute atomic E-state index is 0.0583. The van der Waals surface area contributed by atoms with Crippen molar-refractivity contribution in [1.82, 2.24) is 15.5 Å². The minimum Gasteiger partial charge on any atom is -0.465 e. The first-order valence-corrected chi connectivity index (χ1v) is 12.2. The maximum Gasteiger partial charge on any atom is 0.337 e. The van der Waals surface area contributed by atoms with Gasteiger partial charge in [-0.1, -0.05) is 25.1 Å². The van der Waals surface area contributed by atoms with Gasteiger partial charge >= 0.3 is 12.0 Å². The molecular formula is C27H34FN3O3. The molecule has 0 radical (unpaired) electrons. The zero-order chi connectivity index (χ0) is 24.1. The summed E-state index contributed by atoms with van der Waals surface area (Å²) in [5.74, 6) is -0.0307. The number of urea groups is 1. The smallest absolute Gasteiger partial charge is 0.337 e. The van der Waals surface area contributed by atoms with Gasteiger partial charge in [-0.15, -0.1) is 0 Å². The summed E-state index contributed by atoms with van der Waals surface area (Å²) in [6, 6.07) is 12.2. The number of amides is 2. The summed E-state index contributed by atoms with van der Waals surface area (Å²) in [6.07, 6.45) is 3.70. The molecule has 182 valence electrons. The van der Waals surface area contributed by atoms with Gasteiger partial charge in [0.2, 0.25) is 0 Å². The summed E-state index contributed by atoms with van der Waals surface area (Å²) in [6.45, 7) is 5.74. The number of hydrogen-bond donors (Lipinski definition) is 2. The lowest BCUT2D eigenvalue weighted by Crippen LogP contribution is -2.58. The molecule has 2 aromatic carbocycles. The number of carbonyl (C=O) groups excluding carboxylic acids is 2. The van der Waals surface area contributed by atoms with Crippen LogP contribution in [0.25, 0.3) is 0 Å². The number of hydrogen-bond acceptors (Lipinski definition) is 4. The minimum atomic E-state index is -0.393. The van der Waals surface area contributed by atoms with Crippen molar-refractivity contribution in [1.29, 1.82) is 0 Å². The van der Waals surface area contributed by atoms with Gasteiger partial charge in [0.1, 0.15) is 5.82 Å². The molecule has 2 aromatic rings. The number of nitrogens with zero attached hydrogens (tertiary/aromatic N) is 1. The van der Waals surface area contributed by atoms with Gasteiger partial charge in [-0.3, -0.25) is 0 Å². The third-order valence-corrected chi connectivity index (χ3v) is 7.27. The second kappa shape index (κ2) is 11.0. The van der Waals surface area contributed by atoms with Crippen LogP contribution in [0.15, 0.2) is 42.5 Å². The third-order valence-electron chi connectivity index (χ3n) is 7.27. The molecule has 34 heavy (non-hydrogen) atoms. The second-order valence-corrected chi connectivity index (χ2v) is 9.31. The van der Waals surface area contributed by atoms with Crippen molar-refractivity contribution >= 4 is 12.0 Å². The molecule has 2 N–H and O–H groups in total. The fraction of sp³-hybridized carbons (Fsp3) is 0.481. The van der Waals surface area contributed by atoms with E-state index in [1.165, 1.54) is 19.2 Å². The first-order valence-electron chi connectivity index (χ1n) is 12.2. The number of ether oxygens (including phenoxy) is 1. The Labute approximate surface area is 200 Å². The van der Waals surface area contributed by atoms with Gasteiger partial charge in [-0.05, 0) is 85.6 Å². The highest BCUT2D eigenvalue weighted by atomic mass is 19.1. The van der Waals surface area contributed by atoms with E-state index in [-0.39, 0.29) is 23.8 Å². The molecule has 7 heteroatoms. The van der Waals surface area contributed by atoms with Crippen molar-refractivity contribution in [2.45, 2.75) is 44.6 Å². The zero-order valence-corrected chi connectivity index (χ0v) is 20.0. The highest BCUT2D eigenvalue weighted by molar-refractivity contribution is 5.89. The summed E-state index contributed by atoms with van der Waals surface area (Å²) in [7, 11) is 1.36. The Kier molecular flexibility index (Phi) is 7.83. The van der Waals surface area contributed by atoms with Gasteiger partial charge in [0.25, 0.3) is 0 Å². The van der Waals surface area contributed by atoms with E-state index in [4.69, 9.17) is 4.74 Å². The van der Waals surface area contributed by atoms with Gasteiger partial charge in [-0.2, -0.15) is 0 Å². The predicted octanol–water partition coefficient (Wildman–Crippen LogP) is 4.09. The third kappa shape index (κ3) is 5.58. The van der Waals surface area contributed by atoms with E-state index in [1.807, 2.05) is 12.1 Å². The Bertz CT molecular complexity index is 1000. The van der Waals surface area contributed by atoms with Crippen molar-refractivity contribution in [3.63, 3.8) is 0 Å². The molecule has 2 bridgehead atoms. The standard InChI is InChI=1S/C27H34FN3O3/c1-3-23(18-4-7-22(28)8-5-18)24-9-6-21(26(32)34-2)16-20(24)10-13-29-27(33)30-25-17-31-14-11-19(25)12-15-31/h4-9,16,19,23,25H,3,10-15,17H2,1-2H3,(H2,29,30,33)/t23-,25+/m0/s1. The molecule has 0 aliphatic carbocycles. The molecule has 2 amide bonds. The maximum absolute atomic E-state index is 13.5. The summed E-state index contributed by atoms with van der Waals surface area (Å²) in [5, 5.41) is 6.15. The topological polar surface area (TPSA) is 70.7 Å². The van der Waals surface area contributed by atoms with Crippen LogP contribution in [-0.2, 0) is 11.2 Å². The molecule has 6 nitrogen and oxygen atoms in total. The molecule has 0 unspecified atom stereocenters. The predicted molar refractivity (Wildman–Crippen MR) is 130 cm³/mol. The molecule has 3 heterocycles. The Morgan fingerprint density at radius 2 is 1.88 bits per heavy atom. The monoisotopic (exact) mass is 467 g/mol. The number of fused-ring (bicyclic) bond motifs is 3. The molecule has 3 aliphatic rings. The summed E-state index contributed by atoms with van der Waals surface area (Å²) in [4.78, 5) is 27.1. The molecule has 2 atom stereocenters. The van der Waals surface area contributed by atoms with Crippen LogP contribution in [-0.4, -0.2) is 56.2 Å². The van der Waals surface area contributed by atoms with Crippen LogP contribution in [0.5, 0.6) is 0 Å². The first kappa shape index (κ1) is 24.2. The number of benzene rings is 2. The fourth-order valence-electron chi connectivity index (χ4n) is 5.40. The molecule has 3 fully saturated rings. The first-order chi connectivity index (χ1) is 16.5. The highest BCUT2D eigenvalue weighted by Gasteiger charge is 2.34. The lowest BCUT2D eigenvalue weighted by atomic mass is 9.84. The van der Waals surface area contributed by atoms with Crippen LogP contribution in [0.2, 0.25) is 0 Å². The van der Waals surface area contributed by atoms with Crippen LogP contribution in [0.3, 0.4) is 0 Å². The highest BCUT2D eigenvalue weighted by Crippen LogP contribution is 2.32. The fourth-order valence-corrected chi connectivity index (χ4v) is 5.40. The quantitative estimate of drug-likeness (QED) is 0.574. The molecule has 3 aliphatic heterocycles. The van der Waals surface area contributed by atoms with Crippen molar-refractivity contribution < 1.29 is 18.7 Å². The van der Waals surface area contributed by atoms with Crippen molar-refractivity contribution in [2.75, 3.05) is 33.3 Å². The van der Waals surface area contributed by atoms with Crippen molar-refractivity contribution in [3.8, 4) is 0 Å². The van der Waals surface area contributed by atoms with Crippen LogP contribution < -0.4 is 10.6 Å². The van der Waals surface area contributed by atoms with E-state index in [2.05, 4.69) is 22.5 Å². The van der Waals surface area contributed by atoms with Crippen LogP contribution in [0.1, 0.15) is 59.2 Å². The van der Waals surface area contributed by atoms with Gasteiger partial charge in [-0.25, -0.2) is 14.0 Å². The Hall–Kier alpha value is -2.93. The molecule has 5 rings (SSSR count). The van der Waals surface area contributed by atoms with Gasteiger partial charge in [0.05, 0.1) is 12.7 Å². The summed E-state index contributed by atoms with van der Waals surface area (Å²) >= 11 is 0. The molecule has 0 saturated carbocycles. The SMILES string of the molecule is CC[C@@H](c1ccc(F)cc1)c1ccc(C(=O)OC)cc1CCNC(=O)N[C@@H]1CN2CCC1CC2. The number of methoxy groups -OCH3 is 1. The number of piperidine rings is 3. The Morgan fingerprint density at radius 1 is 1.15 bits per heavy atom. The van der Waals surface area contributed by atoms with E-state index < -0.39 is 5.97 Å². The number of carbonyl (C=O) groups is 2. The van der Waals surface area contributed by atoms with Gasteiger partial charge in [0, 0.05) is 25.0 Å². The molecule has 0 aromatic heterocycles. The van der Waals surface area contributed by atoms with Crippen molar-refractivity contribution in [3.05, 3.63) is 70.5 Å². The molecular weight excluding hydrogens is 433 g/mol. The van der Waals surface area contributed by atoms with Crippen LogP contribution >= 0.6 is 0 Å². The normalized spacial score (nSPS) is 22.1. The maximum atomic E-state index is 13.5. The Morgan fingerprint density at radius 3 is 2.50 bits per heavy atom. The summed E-state index contributed by atoms with van der Waals surface area (Å²) < 4.78 is 18.4. The van der Waals surface area contributed by atoms with Crippen LogP contribution in [0, 0.1) is 11.7 Å². The number of esters is 1. The Balaban J connectivity index is 1.45. The van der Waals surface area contributed by atoms with Gasteiger partial charge < -0.3 is 20.3 Å². The average molecular weight is 468 g/mol. The number of nitrogens with one attached hydrogen (secondary N) is 2. The molecule has 0 spiro atoms. The second-order valence-electron chi connectivity index (χ2n) is 9.31. The summed E-state index contributed by atoms with van der Waals surface area (Å²) in [5.41, 5.74) is 3.54. The number of halogens is 1. The van der Waals surface area contributed by atoms with Crippen LogP contribution in [0.4, 0.5) is 9.18 Å². The van der Waals surface area contributed by atoms with Crippen molar-refractivity contribution in [2.24, 2.45) is 5.92 Å². The number of rotatable bonds is 8. The lowest BCUT2D eigenvalue weighted by Gasteiger charge is -2.44.